The number of aromatic amines is 1. The fourth-order valence-electron chi connectivity index (χ4n) is 5.27. The lowest BCUT2D eigenvalue weighted by Crippen LogP contribution is -2.36. The van der Waals surface area contributed by atoms with Gasteiger partial charge >= 0.3 is 0 Å². The van der Waals surface area contributed by atoms with Crippen LogP contribution in [-0.4, -0.2) is 32.7 Å². The highest BCUT2D eigenvalue weighted by atomic mass is 19.1. The molecule has 6 rings (SSSR count). The van der Waals surface area contributed by atoms with Gasteiger partial charge in [-0.2, -0.15) is 0 Å². The molecular formula is C33H26F2N4O4. The first-order chi connectivity index (χ1) is 20.8. The number of methoxy groups -OCH3 is 1. The van der Waals surface area contributed by atoms with Gasteiger partial charge in [-0.1, -0.05) is 12.1 Å². The van der Waals surface area contributed by atoms with Gasteiger partial charge in [0.1, 0.15) is 29.0 Å². The van der Waals surface area contributed by atoms with Gasteiger partial charge in [0.2, 0.25) is 5.91 Å². The van der Waals surface area contributed by atoms with Gasteiger partial charge < -0.3 is 20.1 Å². The van der Waals surface area contributed by atoms with Crippen LogP contribution in [0.15, 0.2) is 95.9 Å². The van der Waals surface area contributed by atoms with Gasteiger partial charge in [-0.05, 0) is 77.9 Å². The molecule has 0 fully saturated rings. The lowest BCUT2D eigenvalue weighted by atomic mass is 10.0. The Kier molecular flexibility index (Phi) is 7.33. The van der Waals surface area contributed by atoms with Gasteiger partial charge in [0.15, 0.2) is 0 Å². The van der Waals surface area contributed by atoms with Crippen molar-refractivity contribution < 1.29 is 23.4 Å². The second kappa shape index (κ2) is 11.4. The summed E-state index contributed by atoms with van der Waals surface area (Å²) in [7, 11) is 1.53. The van der Waals surface area contributed by atoms with E-state index in [1.807, 2.05) is 0 Å². The fourth-order valence-corrected chi connectivity index (χ4v) is 5.27. The maximum Gasteiger partial charge on any atom is 0.266 e. The number of aromatic nitrogens is 3. The molecule has 0 unspecified atom stereocenters. The molecular weight excluding hydrogens is 554 g/mol. The summed E-state index contributed by atoms with van der Waals surface area (Å²) < 4.78 is 35.1. The van der Waals surface area contributed by atoms with Crippen molar-refractivity contribution in [1.82, 2.24) is 19.9 Å². The number of ether oxygens (including phenoxy) is 1. The van der Waals surface area contributed by atoms with Gasteiger partial charge in [0.05, 0.1) is 36.2 Å². The normalized spacial score (nSPS) is 12.0. The molecule has 216 valence electrons. The van der Waals surface area contributed by atoms with Crippen molar-refractivity contribution >= 4 is 27.7 Å². The summed E-state index contributed by atoms with van der Waals surface area (Å²) in [6.07, 6.45) is 1.55. The zero-order valence-electron chi connectivity index (χ0n) is 23.0. The third-order valence-electron chi connectivity index (χ3n) is 7.24. The van der Waals surface area contributed by atoms with Crippen molar-refractivity contribution in [2.24, 2.45) is 0 Å². The maximum absolute atomic E-state index is 14.2. The molecule has 3 N–H and O–H groups in total. The van der Waals surface area contributed by atoms with Gasteiger partial charge in [-0.15, -0.1) is 0 Å². The molecule has 8 nitrogen and oxygen atoms in total. The summed E-state index contributed by atoms with van der Waals surface area (Å²) in [6.45, 7) is 0. The van der Waals surface area contributed by atoms with Crippen molar-refractivity contribution in [1.29, 1.82) is 0 Å². The van der Waals surface area contributed by atoms with E-state index in [2.05, 4.69) is 10.3 Å². The monoisotopic (exact) mass is 580 g/mol. The zero-order chi connectivity index (χ0) is 30.1. The van der Waals surface area contributed by atoms with Gasteiger partial charge in [0, 0.05) is 29.6 Å². The Bertz CT molecular complexity index is 2020. The second-order valence-corrected chi connectivity index (χ2v) is 10.1. The number of halogens is 2. The highest BCUT2D eigenvalue weighted by molar-refractivity contribution is 5.90. The Hall–Kier alpha value is -5.51. The predicted molar refractivity (Wildman–Crippen MR) is 159 cm³/mol. The van der Waals surface area contributed by atoms with E-state index in [9.17, 15) is 23.5 Å². The van der Waals surface area contributed by atoms with Crippen LogP contribution in [0.3, 0.4) is 0 Å². The summed E-state index contributed by atoms with van der Waals surface area (Å²) in [6, 6.07) is 20.6. The molecule has 0 aliphatic rings. The summed E-state index contributed by atoms with van der Waals surface area (Å²) in [5.74, 6) is -1.13. The lowest BCUT2D eigenvalue weighted by Gasteiger charge is -2.23. The molecule has 1 atom stereocenters. The van der Waals surface area contributed by atoms with E-state index in [1.54, 1.807) is 72.9 Å². The second-order valence-electron chi connectivity index (χ2n) is 10.1. The predicted octanol–water partition coefficient (Wildman–Crippen LogP) is 5.50. The zero-order valence-corrected chi connectivity index (χ0v) is 23.0. The van der Waals surface area contributed by atoms with Crippen LogP contribution in [0.2, 0.25) is 0 Å². The summed E-state index contributed by atoms with van der Waals surface area (Å²) in [4.78, 5) is 35.4. The first-order valence-electron chi connectivity index (χ1n) is 13.5. The van der Waals surface area contributed by atoms with Crippen LogP contribution in [0.1, 0.15) is 23.0 Å². The van der Waals surface area contributed by atoms with Crippen LogP contribution in [0.5, 0.6) is 11.5 Å². The number of hydrogen-bond donors (Lipinski definition) is 3. The Morgan fingerprint density at radius 2 is 1.74 bits per heavy atom. The topological polar surface area (TPSA) is 109 Å². The molecule has 0 radical (unpaired) electrons. The standard InChI is InChI=1S/C33H26F2N4O4/c1-43-25-9-6-23(7-10-25)39-32(38-29-5-3-2-4-26(29)33(39)42)30(14-19-12-21(34)16-22(35)13-19)37-31(41)15-20-18-36-28-11-8-24(40)17-27(20)28/h2-13,16-18,30,36,40H,14-15H2,1H3,(H,37,41)/t30-/m0/s1. The fraction of sp³-hybridized carbons (Fsp3) is 0.121. The molecule has 6 aromatic rings. The summed E-state index contributed by atoms with van der Waals surface area (Å²) in [5.41, 5.74) is 2.15. The Balaban J connectivity index is 1.47. The third kappa shape index (κ3) is 5.67. The van der Waals surface area contributed by atoms with E-state index in [0.717, 1.165) is 11.6 Å². The Labute approximate surface area is 244 Å². The molecule has 0 aliphatic carbocycles. The number of para-hydroxylation sites is 1. The largest absolute Gasteiger partial charge is 0.508 e. The first-order valence-corrected chi connectivity index (χ1v) is 13.5. The van der Waals surface area contributed by atoms with E-state index in [1.165, 1.54) is 23.8 Å². The number of phenolic OH excluding ortho intramolecular Hbond substituents is 1. The smallest absolute Gasteiger partial charge is 0.266 e. The lowest BCUT2D eigenvalue weighted by molar-refractivity contribution is -0.121. The molecule has 0 saturated heterocycles. The molecule has 1 amide bonds. The van der Waals surface area contributed by atoms with Crippen molar-refractivity contribution in [3.8, 4) is 17.2 Å². The number of nitrogens with one attached hydrogen (secondary N) is 2. The number of rotatable bonds is 8. The van der Waals surface area contributed by atoms with E-state index in [0.29, 0.717) is 33.3 Å². The number of H-pyrrole nitrogens is 1. The minimum atomic E-state index is -0.966. The Morgan fingerprint density at radius 3 is 2.49 bits per heavy atom. The maximum atomic E-state index is 14.2. The molecule has 0 spiro atoms. The number of phenols is 1. The molecule has 0 aliphatic heterocycles. The van der Waals surface area contributed by atoms with Crippen molar-refractivity contribution in [3.05, 3.63) is 130 Å². The molecule has 2 heterocycles. The highest BCUT2D eigenvalue weighted by Crippen LogP contribution is 2.26. The third-order valence-corrected chi connectivity index (χ3v) is 7.24. The molecule has 10 heteroatoms. The van der Waals surface area contributed by atoms with E-state index in [-0.39, 0.29) is 35.5 Å². The van der Waals surface area contributed by atoms with Crippen LogP contribution in [0.25, 0.3) is 27.5 Å². The van der Waals surface area contributed by atoms with Crippen LogP contribution in [0, 0.1) is 11.6 Å². The number of aromatic hydroxyl groups is 1. The van der Waals surface area contributed by atoms with Crippen molar-refractivity contribution in [2.75, 3.05) is 7.11 Å². The van der Waals surface area contributed by atoms with Crippen LogP contribution < -0.4 is 15.6 Å². The number of nitrogens with zero attached hydrogens (tertiary/aromatic N) is 2. The van der Waals surface area contributed by atoms with E-state index < -0.39 is 23.6 Å². The summed E-state index contributed by atoms with van der Waals surface area (Å²) >= 11 is 0. The number of carbonyl (C=O) groups is 1. The number of benzene rings is 4. The number of amides is 1. The average molecular weight is 581 g/mol. The molecule has 4 aromatic carbocycles. The van der Waals surface area contributed by atoms with Crippen LogP contribution in [-0.2, 0) is 17.6 Å². The van der Waals surface area contributed by atoms with E-state index in [4.69, 9.17) is 9.72 Å². The van der Waals surface area contributed by atoms with Gasteiger partial charge in [0.25, 0.3) is 5.56 Å². The molecule has 43 heavy (non-hydrogen) atoms. The van der Waals surface area contributed by atoms with Crippen molar-refractivity contribution in [3.63, 3.8) is 0 Å². The number of fused-ring (bicyclic) bond motifs is 2. The highest BCUT2D eigenvalue weighted by Gasteiger charge is 2.25. The first kappa shape index (κ1) is 27.6. The molecule has 2 aromatic heterocycles. The van der Waals surface area contributed by atoms with Crippen LogP contribution >= 0.6 is 0 Å². The van der Waals surface area contributed by atoms with E-state index >= 15 is 0 Å². The number of carbonyl (C=O) groups excluding carboxylic acids is 1. The van der Waals surface area contributed by atoms with Gasteiger partial charge in [-0.3, -0.25) is 14.2 Å². The van der Waals surface area contributed by atoms with Crippen molar-refractivity contribution in [2.45, 2.75) is 18.9 Å². The average Bonchev–Trinajstić information content (AvgIpc) is 3.37. The molecule has 0 saturated carbocycles. The number of hydrogen-bond acceptors (Lipinski definition) is 5. The SMILES string of the molecule is COc1ccc(-n2c([C@H](Cc3cc(F)cc(F)c3)NC(=O)Cc3c[nH]c4ccc(O)cc34)nc3ccccc3c2=O)cc1. The van der Waals surface area contributed by atoms with Gasteiger partial charge in [-0.25, -0.2) is 13.8 Å². The minimum absolute atomic E-state index is 0.0589. The Morgan fingerprint density at radius 1 is 1.00 bits per heavy atom. The summed E-state index contributed by atoms with van der Waals surface area (Å²) in [5, 5.41) is 14.0. The van der Waals surface area contributed by atoms with Crippen LogP contribution in [0.4, 0.5) is 8.78 Å². The molecule has 0 bridgehead atoms. The quantitative estimate of drug-likeness (QED) is 0.220. The minimum Gasteiger partial charge on any atom is -0.508 e.